The predicted octanol–water partition coefficient (Wildman–Crippen LogP) is 2.09. The molecule has 0 fully saturated rings. The van der Waals surface area contributed by atoms with Gasteiger partial charge in [-0.15, -0.1) is 0 Å². The van der Waals surface area contributed by atoms with E-state index in [1.807, 2.05) is 24.3 Å². The highest BCUT2D eigenvalue weighted by molar-refractivity contribution is 6.33. The van der Waals surface area contributed by atoms with Gasteiger partial charge in [0.25, 0.3) is 0 Å². The van der Waals surface area contributed by atoms with Crippen molar-refractivity contribution in [2.75, 3.05) is 18.5 Å². The summed E-state index contributed by atoms with van der Waals surface area (Å²) in [5, 5.41) is 3.41. The van der Waals surface area contributed by atoms with Gasteiger partial charge < -0.3 is 20.5 Å². The Hall–Kier alpha value is -2.47. The van der Waals surface area contributed by atoms with Gasteiger partial charge in [0.15, 0.2) is 11.5 Å². The van der Waals surface area contributed by atoms with E-state index in [2.05, 4.69) is 10.3 Å². The standard InChI is InChI=1S/C15H14ClN3O3/c16-11-5-9(14(17)20)6-18-15(11)19-7-10-8-21-12-3-1-2-4-13(12)22-10/h1-6,10H,7-8H2,(H2,17,20)(H,18,19)/t10-/m0/s1. The monoisotopic (exact) mass is 319 g/mol. The summed E-state index contributed by atoms with van der Waals surface area (Å²) < 4.78 is 11.4. The number of fused-ring (bicyclic) bond motifs is 1. The molecule has 22 heavy (non-hydrogen) atoms. The summed E-state index contributed by atoms with van der Waals surface area (Å²) >= 11 is 6.07. The van der Waals surface area contributed by atoms with Crippen LogP contribution in [0.1, 0.15) is 10.4 Å². The van der Waals surface area contributed by atoms with Crippen LogP contribution < -0.4 is 20.5 Å². The number of para-hydroxylation sites is 2. The second-order valence-corrected chi connectivity index (χ2v) is 5.20. The molecule has 1 amide bonds. The van der Waals surface area contributed by atoms with Gasteiger partial charge in [-0.25, -0.2) is 4.98 Å². The quantitative estimate of drug-likeness (QED) is 0.901. The zero-order chi connectivity index (χ0) is 15.5. The zero-order valence-corrected chi connectivity index (χ0v) is 12.3. The van der Waals surface area contributed by atoms with Gasteiger partial charge in [0.2, 0.25) is 5.91 Å². The van der Waals surface area contributed by atoms with Crippen LogP contribution in [0.4, 0.5) is 5.82 Å². The van der Waals surface area contributed by atoms with E-state index in [1.165, 1.54) is 12.3 Å². The Morgan fingerprint density at radius 2 is 2.18 bits per heavy atom. The van der Waals surface area contributed by atoms with Crippen LogP contribution in [0.3, 0.4) is 0 Å². The molecular formula is C15H14ClN3O3. The molecule has 7 heteroatoms. The van der Waals surface area contributed by atoms with Crippen LogP contribution >= 0.6 is 11.6 Å². The molecule has 6 nitrogen and oxygen atoms in total. The lowest BCUT2D eigenvalue weighted by atomic mass is 10.2. The average Bonchev–Trinajstić information content (AvgIpc) is 2.53. The number of rotatable bonds is 4. The Morgan fingerprint density at radius 3 is 2.91 bits per heavy atom. The number of pyridine rings is 1. The molecule has 0 aliphatic carbocycles. The number of aromatic nitrogens is 1. The number of halogens is 1. The largest absolute Gasteiger partial charge is 0.486 e. The van der Waals surface area contributed by atoms with Gasteiger partial charge in [-0.3, -0.25) is 4.79 Å². The third kappa shape index (κ3) is 3.07. The van der Waals surface area contributed by atoms with Crippen LogP contribution in [0.5, 0.6) is 11.5 Å². The molecule has 1 atom stereocenters. The molecule has 0 radical (unpaired) electrons. The van der Waals surface area contributed by atoms with Gasteiger partial charge >= 0.3 is 0 Å². The van der Waals surface area contributed by atoms with Crippen molar-refractivity contribution in [3.05, 3.63) is 47.1 Å². The minimum Gasteiger partial charge on any atom is -0.486 e. The first-order chi connectivity index (χ1) is 10.6. The summed E-state index contributed by atoms with van der Waals surface area (Å²) in [7, 11) is 0. The fraction of sp³-hybridized carbons (Fsp3) is 0.200. The van der Waals surface area contributed by atoms with Gasteiger partial charge in [0.05, 0.1) is 17.1 Å². The molecule has 3 rings (SSSR count). The molecular weight excluding hydrogens is 306 g/mol. The van der Waals surface area contributed by atoms with Crippen molar-refractivity contribution in [2.45, 2.75) is 6.10 Å². The Kier molecular flexibility index (Phi) is 4.02. The first-order valence-corrected chi connectivity index (χ1v) is 7.09. The summed E-state index contributed by atoms with van der Waals surface area (Å²) in [5.74, 6) is 1.35. The van der Waals surface area contributed by atoms with Crippen molar-refractivity contribution in [1.82, 2.24) is 4.98 Å². The van der Waals surface area contributed by atoms with E-state index in [1.54, 1.807) is 0 Å². The fourth-order valence-electron chi connectivity index (χ4n) is 2.08. The van der Waals surface area contributed by atoms with E-state index in [4.69, 9.17) is 26.8 Å². The molecule has 1 aliphatic heterocycles. The van der Waals surface area contributed by atoms with E-state index < -0.39 is 5.91 Å². The number of hydrogen-bond acceptors (Lipinski definition) is 5. The first-order valence-electron chi connectivity index (χ1n) is 6.71. The average molecular weight is 320 g/mol. The summed E-state index contributed by atoms with van der Waals surface area (Å²) in [4.78, 5) is 15.1. The first kappa shape index (κ1) is 14.5. The highest BCUT2D eigenvalue weighted by Crippen LogP contribution is 2.31. The minimum atomic E-state index is -0.568. The van der Waals surface area contributed by atoms with E-state index in [9.17, 15) is 4.79 Å². The van der Waals surface area contributed by atoms with Crippen LogP contribution in [0.25, 0.3) is 0 Å². The van der Waals surface area contributed by atoms with Crippen molar-refractivity contribution >= 4 is 23.3 Å². The molecule has 0 unspecified atom stereocenters. The molecule has 1 aromatic carbocycles. The number of nitrogens with zero attached hydrogens (tertiary/aromatic N) is 1. The fourth-order valence-corrected chi connectivity index (χ4v) is 2.31. The van der Waals surface area contributed by atoms with E-state index in [0.29, 0.717) is 29.7 Å². The van der Waals surface area contributed by atoms with Crippen LogP contribution in [-0.2, 0) is 0 Å². The molecule has 0 saturated carbocycles. The highest BCUT2D eigenvalue weighted by Gasteiger charge is 2.20. The van der Waals surface area contributed by atoms with Crippen molar-refractivity contribution in [3.8, 4) is 11.5 Å². The normalized spacial score (nSPS) is 16.1. The van der Waals surface area contributed by atoms with Gasteiger partial charge in [-0.2, -0.15) is 0 Å². The number of benzene rings is 1. The SMILES string of the molecule is NC(=O)c1cnc(NC[C@H]2COc3ccccc3O2)c(Cl)c1. The molecule has 2 heterocycles. The molecule has 0 saturated heterocycles. The molecule has 3 N–H and O–H groups in total. The second-order valence-electron chi connectivity index (χ2n) is 4.80. The Balaban J connectivity index is 1.63. The van der Waals surface area contributed by atoms with E-state index in [0.717, 1.165) is 5.75 Å². The maximum Gasteiger partial charge on any atom is 0.250 e. The third-order valence-corrected chi connectivity index (χ3v) is 3.48. The Morgan fingerprint density at radius 1 is 1.41 bits per heavy atom. The lowest BCUT2D eigenvalue weighted by molar-refractivity contribution is 0.0995. The maximum absolute atomic E-state index is 11.1. The Bertz CT molecular complexity index is 708. The smallest absolute Gasteiger partial charge is 0.250 e. The molecule has 2 aromatic rings. The van der Waals surface area contributed by atoms with Crippen molar-refractivity contribution < 1.29 is 14.3 Å². The maximum atomic E-state index is 11.1. The zero-order valence-electron chi connectivity index (χ0n) is 11.6. The molecule has 0 bridgehead atoms. The second kappa shape index (κ2) is 6.11. The molecule has 1 aromatic heterocycles. The van der Waals surface area contributed by atoms with Gasteiger partial charge in [0, 0.05) is 6.20 Å². The number of carbonyl (C=O) groups excluding carboxylic acids is 1. The van der Waals surface area contributed by atoms with Crippen LogP contribution in [-0.4, -0.2) is 30.1 Å². The van der Waals surface area contributed by atoms with Gasteiger partial charge in [-0.1, -0.05) is 23.7 Å². The molecule has 1 aliphatic rings. The number of nitrogens with two attached hydrogens (primary N) is 1. The lowest BCUT2D eigenvalue weighted by Crippen LogP contribution is -2.35. The number of carbonyl (C=O) groups is 1. The summed E-state index contributed by atoms with van der Waals surface area (Å²) in [5.41, 5.74) is 5.44. The van der Waals surface area contributed by atoms with Gasteiger partial charge in [0.1, 0.15) is 18.5 Å². The predicted molar refractivity (Wildman–Crippen MR) is 82.6 cm³/mol. The topological polar surface area (TPSA) is 86.5 Å². The lowest BCUT2D eigenvalue weighted by Gasteiger charge is -2.26. The van der Waals surface area contributed by atoms with Crippen molar-refractivity contribution in [2.24, 2.45) is 5.73 Å². The van der Waals surface area contributed by atoms with E-state index >= 15 is 0 Å². The van der Waals surface area contributed by atoms with Gasteiger partial charge in [-0.05, 0) is 18.2 Å². The third-order valence-electron chi connectivity index (χ3n) is 3.19. The molecule has 0 spiro atoms. The summed E-state index contributed by atoms with van der Waals surface area (Å²) in [6, 6.07) is 8.98. The van der Waals surface area contributed by atoms with Crippen LogP contribution in [0.2, 0.25) is 5.02 Å². The number of hydrogen-bond donors (Lipinski definition) is 2. The van der Waals surface area contributed by atoms with E-state index in [-0.39, 0.29) is 11.7 Å². The van der Waals surface area contributed by atoms with Crippen molar-refractivity contribution in [3.63, 3.8) is 0 Å². The van der Waals surface area contributed by atoms with Crippen molar-refractivity contribution in [1.29, 1.82) is 0 Å². The Labute approximate surface area is 132 Å². The molecule has 114 valence electrons. The van der Waals surface area contributed by atoms with Crippen LogP contribution in [0.15, 0.2) is 36.5 Å². The summed E-state index contributed by atoms with van der Waals surface area (Å²) in [6.07, 6.45) is 1.22. The minimum absolute atomic E-state index is 0.163. The number of ether oxygens (including phenoxy) is 2. The number of amides is 1. The highest BCUT2D eigenvalue weighted by atomic mass is 35.5. The summed E-state index contributed by atoms with van der Waals surface area (Å²) in [6.45, 7) is 0.901. The number of anilines is 1. The van der Waals surface area contributed by atoms with Crippen LogP contribution in [0, 0.1) is 0 Å². The number of primary amides is 1. The number of nitrogens with one attached hydrogen (secondary N) is 1.